The maximum absolute atomic E-state index is 6.26. The van der Waals surface area contributed by atoms with Gasteiger partial charge < -0.3 is 9.47 Å². The van der Waals surface area contributed by atoms with Gasteiger partial charge in [0.25, 0.3) is 0 Å². The van der Waals surface area contributed by atoms with Crippen molar-refractivity contribution in [3.05, 3.63) is 18.1 Å². The van der Waals surface area contributed by atoms with Crippen LogP contribution in [0.4, 0.5) is 0 Å². The van der Waals surface area contributed by atoms with Crippen molar-refractivity contribution in [2.75, 3.05) is 6.61 Å². The van der Waals surface area contributed by atoms with E-state index in [0.717, 1.165) is 32.3 Å². The molecule has 1 aliphatic carbocycles. The van der Waals surface area contributed by atoms with Crippen LogP contribution < -0.4 is 0 Å². The number of rotatable bonds is 5. The van der Waals surface area contributed by atoms with E-state index in [1.807, 2.05) is 0 Å². The second-order valence-electron chi connectivity index (χ2n) is 7.94. The number of hydrogen-bond acceptors (Lipinski definition) is 2. The molecule has 0 N–H and O–H groups in total. The average Bonchev–Trinajstić information content (AvgIpc) is 2.47. The Bertz CT molecular complexity index is 486. The van der Waals surface area contributed by atoms with Crippen LogP contribution in [0.15, 0.2) is 11.1 Å². The second-order valence-corrected chi connectivity index (χ2v) is 7.94. The quantitative estimate of drug-likeness (QED) is 0.497. The summed E-state index contributed by atoms with van der Waals surface area (Å²) in [7, 11) is 0. The van der Waals surface area contributed by atoms with Crippen LogP contribution in [0.25, 0.3) is 0 Å². The van der Waals surface area contributed by atoms with Crippen LogP contribution in [-0.2, 0) is 9.47 Å². The zero-order valence-corrected chi connectivity index (χ0v) is 15.5. The molecular weight excluding hydrogens is 284 g/mol. The van der Waals surface area contributed by atoms with E-state index in [2.05, 4.69) is 46.5 Å². The van der Waals surface area contributed by atoms with Crippen LogP contribution in [-0.4, -0.2) is 18.5 Å². The predicted molar refractivity (Wildman–Crippen MR) is 95.8 cm³/mol. The molecule has 1 fully saturated rings. The van der Waals surface area contributed by atoms with Crippen molar-refractivity contribution in [3.8, 4) is 11.8 Å². The third kappa shape index (κ3) is 5.10. The van der Waals surface area contributed by atoms with Crippen molar-refractivity contribution in [1.29, 1.82) is 0 Å². The Hall–Kier alpha value is -0.780. The number of hydrogen-bond donors (Lipinski definition) is 0. The minimum atomic E-state index is -0.468. The normalized spacial score (nSPS) is 27.1. The molecule has 1 aliphatic heterocycles. The predicted octanol–water partition coefficient (Wildman–Crippen LogP) is 5.43. The molecule has 23 heavy (non-hydrogen) atoms. The molecule has 0 aromatic carbocycles. The van der Waals surface area contributed by atoms with Gasteiger partial charge in [-0.05, 0) is 70.6 Å². The SMILES string of the molecule is [CH2]C#CC(C)(CCC1=C(C)CCCC1(C)C)OC1CCCCO1. The van der Waals surface area contributed by atoms with Crippen molar-refractivity contribution in [2.24, 2.45) is 5.41 Å². The van der Waals surface area contributed by atoms with Gasteiger partial charge in [-0.3, -0.25) is 0 Å². The molecule has 2 rings (SSSR count). The molecule has 0 amide bonds. The van der Waals surface area contributed by atoms with Crippen LogP contribution in [0.5, 0.6) is 0 Å². The Labute approximate surface area is 143 Å². The van der Waals surface area contributed by atoms with Gasteiger partial charge in [0.05, 0.1) is 0 Å². The molecule has 2 unspecified atom stereocenters. The summed E-state index contributed by atoms with van der Waals surface area (Å²) in [5, 5.41) is 0. The van der Waals surface area contributed by atoms with Crippen LogP contribution >= 0.6 is 0 Å². The molecule has 0 bridgehead atoms. The Kier molecular flexibility index (Phi) is 6.34. The van der Waals surface area contributed by atoms with E-state index in [9.17, 15) is 0 Å². The van der Waals surface area contributed by atoms with Crippen LogP contribution in [0, 0.1) is 24.2 Å². The first-order valence-corrected chi connectivity index (χ1v) is 9.14. The molecule has 2 aliphatic rings. The van der Waals surface area contributed by atoms with Gasteiger partial charge in [0, 0.05) is 13.5 Å². The summed E-state index contributed by atoms with van der Waals surface area (Å²) in [6.07, 6.45) is 8.97. The fourth-order valence-corrected chi connectivity index (χ4v) is 4.02. The molecule has 0 spiro atoms. The maximum atomic E-state index is 6.26. The third-order valence-electron chi connectivity index (χ3n) is 5.42. The van der Waals surface area contributed by atoms with Crippen molar-refractivity contribution in [2.45, 2.75) is 91.0 Å². The van der Waals surface area contributed by atoms with Gasteiger partial charge in [-0.2, -0.15) is 0 Å². The molecule has 2 atom stereocenters. The largest absolute Gasteiger partial charge is 0.353 e. The monoisotopic (exact) mass is 317 g/mol. The van der Waals surface area contributed by atoms with Crippen molar-refractivity contribution in [3.63, 3.8) is 0 Å². The maximum Gasteiger partial charge on any atom is 0.159 e. The summed E-state index contributed by atoms with van der Waals surface area (Å²) < 4.78 is 12.0. The lowest BCUT2D eigenvalue weighted by molar-refractivity contribution is -0.205. The zero-order chi connectivity index (χ0) is 16.9. The lowest BCUT2D eigenvalue weighted by Crippen LogP contribution is -2.36. The third-order valence-corrected chi connectivity index (χ3v) is 5.42. The van der Waals surface area contributed by atoms with Gasteiger partial charge >= 0.3 is 0 Å². The topological polar surface area (TPSA) is 18.5 Å². The summed E-state index contributed by atoms with van der Waals surface area (Å²) in [5.74, 6) is 6.02. The number of allylic oxidation sites excluding steroid dienone is 2. The van der Waals surface area contributed by atoms with Crippen molar-refractivity contribution < 1.29 is 9.47 Å². The minimum Gasteiger partial charge on any atom is -0.353 e. The van der Waals surface area contributed by atoms with Crippen molar-refractivity contribution >= 4 is 0 Å². The highest BCUT2D eigenvalue weighted by Crippen LogP contribution is 2.43. The first kappa shape index (κ1) is 18.6. The molecular formula is C21H33O2. The highest BCUT2D eigenvalue weighted by Gasteiger charge is 2.33. The van der Waals surface area contributed by atoms with Crippen LogP contribution in [0.3, 0.4) is 0 Å². The lowest BCUT2D eigenvalue weighted by atomic mass is 9.70. The summed E-state index contributed by atoms with van der Waals surface area (Å²) in [6, 6.07) is 0. The Morgan fingerprint density at radius 3 is 2.74 bits per heavy atom. The Balaban J connectivity index is 2.04. The summed E-state index contributed by atoms with van der Waals surface area (Å²) in [6.45, 7) is 13.7. The molecule has 129 valence electrons. The van der Waals surface area contributed by atoms with E-state index in [1.54, 1.807) is 11.1 Å². The van der Waals surface area contributed by atoms with Crippen molar-refractivity contribution in [1.82, 2.24) is 0 Å². The van der Waals surface area contributed by atoms with Gasteiger partial charge in [0.15, 0.2) is 6.29 Å². The summed E-state index contributed by atoms with van der Waals surface area (Å²) in [5.41, 5.74) is 3.02. The van der Waals surface area contributed by atoms with Gasteiger partial charge in [-0.25, -0.2) is 0 Å². The molecule has 1 saturated heterocycles. The van der Waals surface area contributed by atoms with Crippen LogP contribution in [0.1, 0.15) is 79.1 Å². The highest BCUT2D eigenvalue weighted by atomic mass is 16.7. The molecule has 0 aromatic heterocycles. The van der Waals surface area contributed by atoms with Gasteiger partial charge in [-0.1, -0.05) is 36.8 Å². The molecule has 2 heteroatoms. The first-order valence-electron chi connectivity index (χ1n) is 9.14. The first-order chi connectivity index (χ1) is 10.9. The minimum absolute atomic E-state index is 0.107. The standard InChI is InChI=1S/C21H33O2/c1-6-13-21(5,23-19-11-7-8-16-22-19)15-12-18-17(2)10-9-14-20(18,3)4/h19H,1,7-12,14-16H2,2-5H3. The fraction of sp³-hybridized carbons (Fsp3) is 0.762. The molecule has 0 aromatic rings. The lowest BCUT2D eigenvalue weighted by Gasteiger charge is -2.37. The zero-order valence-electron chi connectivity index (χ0n) is 15.5. The van der Waals surface area contributed by atoms with Crippen LogP contribution in [0.2, 0.25) is 0 Å². The second kappa shape index (κ2) is 7.86. The molecule has 1 heterocycles. The Morgan fingerprint density at radius 2 is 2.13 bits per heavy atom. The van der Waals surface area contributed by atoms with Gasteiger partial charge in [0.1, 0.15) is 5.60 Å². The van der Waals surface area contributed by atoms with E-state index in [4.69, 9.17) is 9.47 Å². The summed E-state index contributed by atoms with van der Waals surface area (Å²) >= 11 is 0. The summed E-state index contributed by atoms with van der Waals surface area (Å²) in [4.78, 5) is 0. The number of ether oxygens (including phenoxy) is 2. The fourth-order valence-electron chi connectivity index (χ4n) is 4.02. The van der Waals surface area contributed by atoms with E-state index < -0.39 is 5.60 Å². The average molecular weight is 317 g/mol. The molecule has 0 saturated carbocycles. The molecule has 1 radical (unpaired) electrons. The van der Waals surface area contributed by atoms with E-state index in [0.29, 0.717) is 5.41 Å². The van der Waals surface area contributed by atoms with Gasteiger partial charge in [-0.15, -0.1) is 0 Å². The highest BCUT2D eigenvalue weighted by molar-refractivity contribution is 5.24. The Morgan fingerprint density at radius 1 is 1.35 bits per heavy atom. The van der Waals surface area contributed by atoms with E-state index in [-0.39, 0.29) is 6.29 Å². The molecule has 2 nitrogen and oxygen atoms in total. The van der Waals surface area contributed by atoms with E-state index >= 15 is 0 Å². The van der Waals surface area contributed by atoms with Gasteiger partial charge in [0.2, 0.25) is 0 Å². The van der Waals surface area contributed by atoms with E-state index in [1.165, 1.54) is 25.7 Å². The smallest absolute Gasteiger partial charge is 0.159 e.